The van der Waals surface area contributed by atoms with Crippen molar-refractivity contribution in [2.45, 2.75) is 50.3 Å². The zero-order chi connectivity index (χ0) is 11.6. The molecule has 0 spiro atoms. The van der Waals surface area contributed by atoms with Crippen LogP contribution in [0.5, 0.6) is 0 Å². The Hall–Kier alpha value is 0.260. The zero-order valence-corrected chi connectivity index (χ0v) is 12.5. The Morgan fingerprint density at radius 3 is 2.75 bits per heavy atom. The molecule has 5 heteroatoms. The molecule has 0 saturated carbocycles. The number of hydrogen-bond donors (Lipinski definition) is 0. The van der Waals surface area contributed by atoms with Gasteiger partial charge in [-0.2, -0.15) is 0 Å². The topological polar surface area (TPSA) is 25.8 Å². The molecule has 0 aliphatic carbocycles. The first-order valence-corrected chi connectivity index (χ1v) is 9.04. The summed E-state index contributed by atoms with van der Waals surface area (Å²) >= 11 is 1.62. The number of nitrogens with zero attached hydrogens (tertiary/aromatic N) is 2. The van der Waals surface area contributed by atoms with Crippen LogP contribution in [-0.2, 0) is 0 Å². The number of hydrogen-bond acceptors (Lipinski definition) is 5. The summed E-state index contributed by atoms with van der Waals surface area (Å²) < 4.78 is 1.07. The molecule has 0 unspecified atom stereocenters. The lowest BCUT2D eigenvalue weighted by Crippen LogP contribution is -1.87. The van der Waals surface area contributed by atoms with E-state index in [9.17, 15) is 0 Å². The molecule has 0 atom stereocenters. The summed E-state index contributed by atoms with van der Waals surface area (Å²) in [4.78, 5) is 0. The molecule has 2 nitrogen and oxygen atoms in total. The third kappa shape index (κ3) is 7.52. The molecular formula is C11H20N2S3. The van der Waals surface area contributed by atoms with Gasteiger partial charge >= 0.3 is 0 Å². The Bertz CT molecular complexity index is 250. The highest BCUT2D eigenvalue weighted by Gasteiger charge is 1.98. The second kappa shape index (κ2) is 9.31. The van der Waals surface area contributed by atoms with Gasteiger partial charge in [0.05, 0.1) is 0 Å². The molecule has 0 fully saturated rings. The van der Waals surface area contributed by atoms with Crippen molar-refractivity contribution in [1.29, 1.82) is 0 Å². The van der Waals surface area contributed by atoms with Gasteiger partial charge in [0.25, 0.3) is 0 Å². The molecule has 92 valence electrons. The molecule has 0 aromatic carbocycles. The molecular weight excluding hydrogens is 256 g/mol. The van der Waals surface area contributed by atoms with Gasteiger partial charge in [0.2, 0.25) is 0 Å². The minimum Gasteiger partial charge on any atom is -0.146 e. The van der Waals surface area contributed by atoms with Crippen molar-refractivity contribution in [1.82, 2.24) is 10.2 Å². The van der Waals surface area contributed by atoms with Crippen LogP contribution in [0.3, 0.4) is 0 Å². The molecule has 0 amide bonds. The Kier molecular flexibility index (Phi) is 8.33. The number of aromatic nitrogens is 2. The SMILES string of the molecule is CC(C)CCCCCCSSc1nncs1. The van der Waals surface area contributed by atoms with Crippen molar-refractivity contribution < 1.29 is 0 Å². The molecule has 1 aromatic rings. The van der Waals surface area contributed by atoms with Gasteiger partial charge in [-0.05, 0) is 23.1 Å². The lowest BCUT2D eigenvalue weighted by molar-refractivity contribution is 0.525. The van der Waals surface area contributed by atoms with Gasteiger partial charge in [-0.15, -0.1) is 10.2 Å². The number of unbranched alkanes of at least 4 members (excludes halogenated alkanes) is 3. The van der Waals surface area contributed by atoms with Gasteiger partial charge in [-0.1, -0.05) is 61.7 Å². The monoisotopic (exact) mass is 276 g/mol. The van der Waals surface area contributed by atoms with E-state index in [-0.39, 0.29) is 0 Å². The molecule has 0 bridgehead atoms. The predicted molar refractivity (Wildman–Crippen MR) is 76.1 cm³/mol. The fourth-order valence-corrected chi connectivity index (χ4v) is 4.30. The quantitative estimate of drug-likeness (QED) is 0.474. The molecule has 1 aromatic heterocycles. The zero-order valence-electron chi connectivity index (χ0n) is 10.0. The fourth-order valence-electron chi connectivity index (χ4n) is 1.36. The van der Waals surface area contributed by atoms with E-state index in [0.717, 1.165) is 10.3 Å². The first-order chi connectivity index (χ1) is 7.79. The van der Waals surface area contributed by atoms with Crippen molar-refractivity contribution >= 4 is 32.9 Å². The van der Waals surface area contributed by atoms with Gasteiger partial charge in [-0.25, -0.2) is 0 Å². The van der Waals surface area contributed by atoms with E-state index in [1.807, 2.05) is 10.8 Å². The van der Waals surface area contributed by atoms with Crippen LogP contribution in [0, 0.1) is 5.92 Å². The van der Waals surface area contributed by atoms with Crippen LogP contribution in [0.1, 0.15) is 46.0 Å². The van der Waals surface area contributed by atoms with E-state index >= 15 is 0 Å². The van der Waals surface area contributed by atoms with Gasteiger partial charge in [0, 0.05) is 5.75 Å². The maximum atomic E-state index is 3.99. The second-order valence-electron chi connectivity index (χ2n) is 4.21. The summed E-state index contributed by atoms with van der Waals surface area (Å²) in [5.41, 5.74) is 1.79. The molecule has 1 rings (SSSR count). The standard InChI is InChI=1S/C11H20N2S3/c1-10(2)7-5-3-4-6-8-15-16-11-13-12-9-14-11/h9-10H,3-8H2,1-2H3. The van der Waals surface area contributed by atoms with E-state index in [0.29, 0.717) is 0 Å². The van der Waals surface area contributed by atoms with Crippen molar-refractivity contribution in [3.8, 4) is 0 Å². The maximum Gasteiger partial charge on any atom is 0.184 e. The van der Waals surface area contributed by atoms with Crippen LogP contribution in [0.15, 0.2) is 9.85 Å². The number of rotatable bonds is 9. The Morgan fingerprint density at radius 1 is 1.25 bits per heavy atom. The van der Waals surface area contributed by atoms with Crippen LogP contribution in [0.25, 0.3) is 0 Å². The minimum absolute atomic E-state index is 0.863. The highest BCUT2D eigenvalue weighted by molar-refractivity contribution is 8.77. The molecule has 0 saturated heterocycles. The Labute approximate surface area is 110 Å². The average molecular weight is 276 g/mol. The minimum atomic E-state index is 0.863. The third-order valence-corrected chi connectivity index (χ3v) is 5.69. The lowest BCUT2D eigenvalue weighted by Gasteiger charge is -2.03. The first-order valence-electron chi connectivity index (χ1n) is 5.84. The summed E-state index contributed by atoms with van der Waals surface area (Å²) in [5.74, 6) is 2.09. The van der Waals surface area contributed by atoms with Crippen molar-refractivity contribution in [3.63, 3.8) is 0 Å². The Morgan fingerprint density at radius 2 is 2.06 bits per heavy atom. The summed E-state index contributed by atoms with van der Waals surface area (Å²) in [6.07, 6.45) is 6.87. The van der Waals surface area contributed by atoms with Crippen LogP contribution >= 0.6 is 32.9 Å². The summed E-state index contributed by atoms with van der Waals surface area (Å²) in [6, 6.07) is 0. The highest BCUT2D eigenvalue weighted by atomic mass is 33.1. The normalized spacial score (nSPS) is 11.2. The van der Waals surface area contributed by atoms with Crippen molar-refractivity contribution in [3.05, 3.63) is 5.51 Å². The molecule has 1 heterocycles. The van der Waals surface area contributed by atoms with Crippen molar-refractivity contribution in [2.24, 2.45) is 5.92 Å². The van der Waals surface area contributed by atoms with E-state index in [1.165, 1.54) is 37.9 Å². The van der Waals surface area contributed by atoms with Crippen molar-refractivity contribution in [2.75, 3.05) is 5.75 Å². The Balaban J connectivity index is 1.82. The van der Waals surface area contributed by atoms with E-state index < -0.39 is 0 Å². The van der Waals surface area contributed by atoms with Crippen LogP contribution in [0.2, 0.25) is 0 Å². The molecule has 0 aliphatic heterocycles. The molecule has 0 N–H and O–H groups in total. The fraction of sp³-hybridized carbons (Fsp3) is 0.818. The second-order valence-corrected chi connectivity index (χ2v) is 7.70. The van der Waals surface area contributed by atoms with Crippen LogP contribution in [0.4, 0.5) is 0 Å². The van der Waals surface area contributed by atoms with E-state index in [1.54, 1.807) is 27.6 Å². The van der Waals surface area contributed by atoms with Crippen LogP contribution in [-0.4, -0.2) is 16.0 Å². The maximum absolute atomic E-state index is 3.99. The molecule has 16 heavy (non-hydrogen) atoms. The average Bonchev–Trinajstić information content (AvgIpc) is 2.74. The van der Waals surface area contributed by atoms with Gasteiger partial charge < -0.3 is 0 Å². The lowest BCUT2D eigenvalue weighted by atomic mass is 10.0. The van der Waals surface area contributed by atoms with Gasteiger partial charge in [0.1, 0.15) is 5.51 Å². The summed E-state index contributed by atoms with van der Waals surface area (Å²) in [7, 11) is 3.66. The van der Waals surface area contributed by atoms with Crippen LogP contribution < -0.4 is 0 Å². The summed E-state index contributed by atoms with van der Waals surface area (Å²) in [5, 5.41) is 7.81. The third-order valence-electron chi connectivity index (χ3n) is 2.23. The van der Waals surface area contributed by atoms with E-state index in [2.05, 4.69) is 24.0 Å². The van der Waals surface area contributed by atoms with E-state index in [4.69, 9.17) is 0 Å². The molecule has 0 radical (unpaired) electrons. The smallest absolute Gasteiger partial charge is 0.146 e. The molecule has 0 aliphatic rings. The van der Waals surface area contributed by atoms with Gasteiger partial charge in [-0.3, -0.25) is 0 Å². The highest BCUT2D eigenvalue weighted by Crippen LogP contribution is 2.32. The predicted octanol–water partition coefficient (Wildman–Crippen LogP) is 4.88. The first kappa shape index (κ1) is 14.3. The summed E-state index contributed by atoms with van der Waals surface area (Å²) in [6.45, 7) is 4.60. The van der Waals surface area contributed by atoms with Gasteiger partial charge in [0.15, 0.2) is 4.34 Å². The largest absolute Gasteiger partial charge is 0.184 e.